The number of nitrogens with zero attached hydrogens (tertiary/aromatic N) is 2. The minimum absolute atomic E-state index is 0.330. The number of pyridine rings is 1. The molecule has 182 valence electrons. The van der Waals surface area contributed by atoms with E-state index in [4.69, 9.17) is 14.5 Å². The Morgan fingerprint density at radius 3 is 2.57 bits per heavy atom. The van der Waals surface area contributed by atoms with E-state index in [0.717, 1.165) is 34.6 Å². The van der Waals surface area contributed by atoms with Gasteiger partial charge < -0.3 is 14.8 Å². The van der Waals surface area contributed by atoms with Gasteiger partial charge >= 0.3 is 5.97 Å². The van der Waals surface area contributed by atoms with Crippen molar-refractivity contribution in [1.82, 2.24) is 4.98 Å². The number of carbonyl (C=O) groups excluding carboxylic acids is 2. The maximum Gasteiger partial charge on any atom is 0.339 e. The highest BCUT2D eigenvalue weighted by Crippen LogP contribution is 2.38. The lowest BCUT2D eigenvalue weighted by Crippen LogP contribution is -2.22. The molecule has 0 aliphatic heterocycles. The highest BCUT2D eigenvalue weighted by Gasteiger charge is 2.28. The Bertz CT molecular complexity index is 1580. The summed E-state index contributed by atoms with van der Waals surface area (Å²) in [6.45, 7) is -0.474. The molecule has 3 aromatic carbocycles. The van der Waals surface area contributed by atoms with Crippen molar-refractivity contribution in [1.29, 1.82) is 5.26 Å². The molecule has 0 saturated carbocycles. The maximum absolute atomic E-state index is 13.3. The van der Waals surface area contributed by atoms with Crippen molar-refractivity contribution < 1.29 is 19.1 Å². The van der Waals surface area contributed by atoms with E-state index in [9.17, 15) is 14.9 Å². The number of nitrogens with one attached hydrogen (secondary N) is 1. The molecule has 1 amide bonds. The first-order valence-electron chi connectivity index (χ1n) is 11.8. The number of fused-ring (bicyclic) bond motifs is 2. The molecule has 37 heavy (non-hydrogen) atoms. The molecular weight excluding hydrogens is 466 g/mol. The van der Waals surface area contributed by atoms with Crippen molar-refractivity contribution in [3.8, 4) is 11.8 Å². The lowest BCUT2D eigenvalue weighted by Gasteiger charge is -2.13. The van der Waals surface area contributed by atoms with Gasteiger partial charge in [0.2, 0.25) is 0 Å². The summed E-state index contributed by atoms with van der Waals surface area (Å²) in [6, 6.07) is 23.9. The number of nitriles is 1. The van der Waals surface area contributed by atoms with Gasteiger partial charge in [-0.2, -0.15) is 5.26 Å². The van der Waals surface area contributed by atoms with Crippen LogP contribution in [0.15, 0.2) is 72.8 Å². The van der Waals surface area contributed by atoms with Crippen LogP contribution in [0.25, 0.3) is 22.6 Å². The summed E-state index contributed by atoms with van der Waals surface area (Å²) in [7, 11) is 1.63. The van der Waals surface area contributed by atoms with Gasteiger partial charge in [0.05, 0.1) is 35.1 Å². The highest BCUT2D eigenvalue weighted by atomic mass is 16.5. The number of allylic oxidation sites excluding steroid dienone is 1. The lowest BCUT2D eigenvalue weighted by atomic mass is 10.0. The van der Waals surface area contributed by atoms with E-state index in [0.29, 0.717) is 34.1 Å². The number of carbonyl (C=O) groups is 2. The Morgan fingerprint density at radius 2 is 1.78 bits per heavy atom. The van der Waals surface area contributed by atoms with Gasteiger partial charge in [-0.05, 0) is 65.9 Å². The number of methoxy groups -OCH3 is 1. The molecule has 5 rings (SSSR count). The quantitative estimate of drug-likeness (QED) is 0.364. The van der Waals surface area contributed by atoms with Crippen LogP contribution in [-0.4, -0.2) is 30.6 Å². The number of para-hydroxylation sites is 2. The number of ether oxygens (including phenoxy) is 2. The molecule has 0 unspecified atom stereocenters. The van der Waals surface area contributed by atoms with E-state index < -0.39 is 18.5 Å². The molecule has 4 aromatic rings. The topological polar surface area (TPSA) is 101 Å². The second kappa shape index (κ2) is 10.3. The molecular formula is C30H23N3O4. The fraction of sp³-hybridized carbons (Fsp3) is 0.133. The molecule has 0 saturated heterocycles. The number of rotatable bonds is 6. The van der Waals surface area contributed by atoms with Crippen LogP contribution in [0.3, 0.4) is 0 Å². The Hall–Kier alpha value is -4.96. The van der Waals surface area contributed by atoms with E-state index in [2.05, 4.69) is 11.4 Å². The van der Waals surface area contributed by atoms with E-state index in [-0.39, 0.29) is 0 Å². The Morgan fingerprint density at radius 1 is 1.03 bits per heavy atom. The van der Waals surface area contributed by atoms with E-state index >= 15 is 0 Å². The monoisotopic (exact) mass is 489 g/mol. The molecule has 1 heterocycles. The highest BCUT2D eigenvalue weighted by molar-refractivity contribution is 6.08. The third-order valence-corrected chi connectivity index (χ3v) is 6.26. The molecule has 0 atom stereocenters. The molecule has 0 radical (unpaired) electrons. The fourth-order valence-electron chi connectivity index (χ4n) is 4.49. The van der Waals surface area contributed by atoms with E-state index in [1.54, 1.807) is 31.4 Å². The summed E-state index contributed by atoms with van der Waals surface area (Å²) in [5.74, 6) is -0.321. The lowest BCUT2D eigenvalue weighted by molar-refractivity contribution is -0.119. The minimum Gasteiger partial charge on any atom is -0.497 e. The zero-order chi connectivity index (χ0) is 25.8. The standard InChI is InChI=1S/C30H23N3O4/c1-36-22-13-10-19(11-14-22)16-20-12-15-24-28(23-7-3-5-9-26(23)33-29(20)24)30(35)37-18-27(34)32-25-8-4-2-6-21(25)17-31/h2-11,13-14,16H,12,15,18H2,1H3,(H,32,34)/b20-16+. The SMILES string of the molecule is COc1ccc(/C=C2\CCc3c2nc2ccccc2c3C(=O)OCC(=O)Nc2ccccc2C#N)cc1. The zero-order valence-electron chi connectivity index (χ0n) is 20.2. The van der Waals surface area contributed by atoms with Gasteiger partial charge in [-0.25, -0.2) is 9.78 Å². The average Bonchev–Trinajstić information content (AvgIpc) is 3.32. The van der Waals surface area contributed by atoms with Gasteiger partial charge in [0.15, 0.2) is 6.61 Å². The molecule has 7 nitrogen and oxygen atoms in total. The van der Waals surface area contributed by atoms with Gasteiger partial charge in [-0.1, -0.05) is 42.5 Å². The normalized spacial score (nSPS) is 13.1. The molecule has 1 N–H and O–H groups in total. The molecule has 0 fully saturated rings. The summed E-state index contributed by atoms with van der Waals surface area (Å²) in [5.41, 5.74) is 5.45. The number of aromatic nitrogens is 1. The summed E-state index contributed by atoms with van der Waals surface area (Å²) in [5, 5.41) is 12.5. The molecule has 1 aliphatic rings. The molecule has 1 aliphatic carbocycles. The first-order valence-corrected chi connectivity index (χ1v) is 11.8. The number of hydrogen-bond acceptors (Lipinski definition) is 6. The molecule has 0 bridgehead atoms. The number of benzene rings is 3. The second-order valence-electron chi connectivity index (χ2n) is 8.56. The van der Waals surface area contributed by atoms with Crippen molar-refractivity contribution in [2.45, 2.75) is 12.8 Å². The van der Waals surface area contributed by atoms with Crippen molar-refractivity contribution in [2.24, 2.45) is 0 Å². The summed E-state index contributed by atoms with van der Waals surface area (Å²) >= 11 is 0. The smallest absolute Gasteiger partial charge is 0.339 e. The van der Waals surface area contributed by atoms with Crippen molar-refractivity contribution in [3.63, 3.8) is 0 Å². The van der Waals surface area contributed by atoms with Crippen LogP contribution in [0.1, 0.15) is 39.2 Å². The van der Waals surface area contributed by atoms with Gasteiger partial charge in [0.1, 0.15) is 11.8 Å². The van der Waals surface area contributed by atoms with E-state index in [1.807, 2.05) is 54.6 Å². The molecule has 7 heteroatoms. The fourth-order valence-corrected chi connectivity index (χ4v) is 4.49. The number of amides is 1. The number of anilines is 1. The van der Waals surface area contributed by atoms with Crippen LogP contribution in [0.2, 0.25) is 0 Å². The van der Waals surface area contributed by atoms with Crippen molar-refractivity contribution >= 4 is 40.1 Å². The Kier molecular flexibility index (Phi) is 6.64. The van der Waals surface area contributed by atoms with Crippen LogP contribution >= 0.6 is 0 Å². The number of esters is 1. The molecule has 0 spiro atoms. The summed E-state index contributed by atoms with van der Waals surface area (Å²) < 4.78 is 10.7. The van der Waals surface area contributed by atoms with Crippen LogP contribution in [0, 0.1) is 11.3 Å². The Labute approximate surface area is 214 Å². The first kappa shape index (κ1) is 23.8. The van der Waals surface area contributed by atoms with Gasteiger partial charge in [-0.3, -0.25) is 4.79 Å². The minimum atomic E-state index is -0.579. The van der Waals surface area contributed by atoms with Gasteiger partial charge in [0.25, 0.3) is 5.91 Å². The van der Waals surface area contributed by atoms with Crippen LogP contribution < -0.4 is 10.1 Å². The summed E-state index contributed by atoms with van der Waals surface area (Å²) in [6.07, 6.45) is 3.44. The predicted octanol–water partition coefficient (Wildman–Crippen LogP) is 5.40. The third-order valence-electron chi connectivity index (χ3n) is 6.26. The first-order chi connectivity index (χ1) is 18.1. The van der Waals surface area contributed by atoms with Crippen molar-refractivity contribution in [3.05, 3.63) is 101 Å². The van der Waals surface area contributed by atoms with Crippen LogP contribution in [0.4, 0.5) is 5.69 Å². The average molecular weight is 490 g/mol. The van der Waals surface area contributed by atoms with Crippen LogP contribution in [-0.2, 0) is 16.0 Å². The van der Waals surface area contributed by atoms with Gasteiger partial charge in [-0.15, -0.1) is 0 Å². The van der Waals surface area contributed by atoms with Gasteiger partial charge in [0, 0.05) is 5.39 Å². The second-order valence-corrected chi connectivity index (χ2v) is 8.56. The summed E-state index contributed by atoms with van der Waals surface area (Å²) in [4.78, 5) is 30.7. The maximum atomic E-state index is 13.3. The predicted molar refractivity (Wildman–Crippen MR) is 141 cm³/mol. The van der Waals surface area contributed by atoms with E-state index in [1.165, 1.54) is 0 Å². The molecule has 1 aromatic heterocycles. The van der Waals surface area contributed by atoms with Crippen LogP contribution in [0.5, 0.6) is 5.75 Å². The van der Waals surface area contributed by atoms with Crippen molar-refractivity contribution in [2.75, 3.05) is 19.0 Å². The largest absolute Gasteiger partial charge is 0.497 e. The zero-order valence-corrected chi connectivity index (χ0v) is 20.2. The Balaban J connectivity index is 1.42. The number of hydrogen-bond donors (Lipinski definition) is 1. The third kappa shape index (κ3) is 4.91.